The van der Waals surface area contributed by atoms with Gasteiger partial charge in [0.15, 0.2) is 5.78 Å². The lowest BCUT2D eigenvalue weighted by Crippen LogP contribution is -2.09. The summed E-state index contributed by atoms with van der Waals surface area (Å²) in [5.74, 6) is 0.0691. The normalized spacial score (nSPS) is 10.8. The molecule has 0 N–H and O–H groups in total. The lowest BCUT2D eigenvalue weighted by molar-refractivity contribution is 0.0990. The van der Waals surface area contributed by atoms with Crippen LogP contribution >= 0.6 is 27.5 Å². The summed E-state index contributed by atoms with van der Waals surface area (Å²) < 4.78 is 2.63. The van der Waals surface area contributed by atoms with Gasteiger partial charge in [-0.2, -0.15) is 5.10 Å². The van der Waals surface area contributed by atoms with Gasteiger partial charge in [-0.3, -0.25) is 9.48 Å². The maximum absolute atomic E-state index is 12.3. The Balaban J connectivity index is 2.22. The summed E-state index contributed by atoms with van der Waals surface area (Å²) in [6, 6.07) is 7.25. The number of hydrogen-bond acceptors (Lipinski definition) is 2. The van der Waals surface area contributed by atoms with E-state index in [0.717, 1.165) is 28.8 Å². The number of Topliss-reactive ketones (excluding diaryl/α,β-unsaturated/α-hetero) is 1. The predicted molar refractivity (Wildman–Crippen MR) is 84.5 cm³/mol. The van der Waals surface area contributed by atoms with Gasteiger partial charge in [0.05, 0.1) is 17.1 Å². The number of aryl methyl sites for hydroxylation is 2. The molecule has 0 aliphatic heterocycles. The van der Waals surface area contributed by atoms with Crippen molar-refractivity contribution in [1.29, 1.82) is 0 Å². The van der Waals surface area contributed by atoms with E-state index in [-0.39, 0.29) is 5.78 Å². The van der Waals surface area contributed by atoms with E-state index in [1.165, 1.54) is 0 Å². The van der Waals surface area contributed by atoms with Crippen LogP contribution in [0.2, 0.25) is 5.02 Å². The summed E-state index contributed by atoms with van der Waals surface area (Å²) in [6.07, 6.45) is 1.23. The van der Waals surface area contributed by atoms with Crippen LogP contribution in [-0.2, 0) is 19.4 Å². The number of ketones is 1. The Morgan fingerprint density at radius 2 is 2.10 bits per heavy atom. The zero-order valence-corrected chi connectivity index (χ0v) is 13.8. The standard InChI is InChI=1S/C15H16BrClN2O/c1-3-11-8-12(19(4-2)18-11)9-15(20)10-5-6-14(17)13(16)7-10/h5-8H,3-4,9H2,1-2H3. The number of nitrogens with zero attached hydrogens (tertiary/aromatic N) is 2. The molecular weight excluding hydrogens is 340 g/mol. The number of benzene rings is 1. The summed E-state index contributed by atoms with van der Waals surface area (Å²) in [4.78, 5) is 12.3. The number of carbonyl (C=O) groups is 1. The minimum Gasteiger partial charge on any atom is -0.294 e. The van der Waals surface area contributed by atoms with Crippen molar-refractivity contribution < 1.29 is 4.79 Å². The van der Waals surface area contributed by atoms with Crippen LogP contribution in [0.25, 0.3) is 0 Å². The lowest BCUT2D eigenvalue weighted by atomic mass is 10.1. The van der Waals surface area contributed by atoms with Gasteiger partial charge in [0.2, 0.25) is 0 Å². The van der Waals surface area contributed by atoms with E-state index in [4.69, 9.17) is 11.6 Å². The van der Waals surface area contributed by atoms with Crippen molar-refractivity contribution in [3.8, 4) is 0 Å². The molecule has 0 aliphatic rings. The van der Waals surface area contributed by atoms with Crippen molar-refractivity contribution in [1.82, 2.24) is 9.78 Å². The SMILES string of the molecule is CCc1cc(CC(=O)c2ccc(Cl)c(Br)c2)n(CC)n1. The Bertz CT molecular complexity index is 637. The molecule has 0 bridgehead atoms. The highest BCUT2D eigenvalue weighted by atomic mass is 79.9. The number of rotatable bonds is 5. The fourth-order valence-electron chi connectivity index (χ4n) is 2.04. The summed E-state index contributed by atoms with van der Waals surface area (Å²) in [7, 11) is 0. The van der Waals surface area contributed by atoms with Gasteiger partial charge in [-0.25, -0.2) is 0 Å². The van der Waals surface area contributed by atoms with Crippen molar-refractivity contribution in [3.63, 3.8) is 0 Å². The van der Waals surface area contributed by atoms with Gasteiger partial charge in [-0.15, -0.1) is 0 Å². The molecule has 0 amide bonds. The second kappa shape index (κ2) is 6.55. The van der Waals surface area contributed by atoms with Crippen LogP contribution in [0, 0.1) is 0 Å². The first-order valence-electron chi connectivity index (χ1n) is 6.59. The van der Waals surface area contributed by atoms with Crippen LogP contribution < -0.4 is 0 Å². The zero-order chi connectivity index (χ0) is 14.7. The Morgan fingerprint density at radius 3 is 2.70 bits per heavy atom. The number of aromatic nitrogens is 2. The molecule has 1 heterocycles. The minimum atomic E-state index is 0.0691. The van der Waals surface area contributed by atoms with Gasteiger partial charge >= 0.3 is 0 Å². The Labute approximate surface area is 132 Å². The van der Waals surface area contributed by atoms with E-state index < -0.39 is 0 Å². The van der Waals surface area contributed by atoms with Crippen molar-refractivity contribution in [3.05, 3.63) is 50.7 Å². The average molecular weight is 356 g/mol. The molecule has 0 unspecified atom stereocenters. The molecule has 5 heteroatoms. The van der Waals surface area contributed by atoms with E-state index in [1.807, 2.05) is 17.7 Å². The molecule has 106 valence electrons. The van der Waals surface area contributed by atoms with Crippen LogP contribution in [0.4, 0.5) is 0 Å². The van der Waals surface area contributed by atoms with Crippen molar-refractivity contribution in [2.24, 2.45) is 0 Å². The van der Waals surface area contributed by atoms with E-state index in [1.54, 1.807) is 18.2 Å². The molecule has 0 saturated heterocycles. The fourth-order valence-corrected chi connectivity index (χ4v) is 2.54. The van der Waals surface area contributed by atoms with Crippen LogP contribution in [0.3, 0.4) is 0 Å². The second-order valence-corrected chi connectivity index (χ2v) is 5.79. The molecular formula is C15H16BrClN2O. The molecule has 0 aliphatic carbocycles. The van der Waals surface area contributed by atoms with Crippen LogP contribution in [0.1, 0.15) is 35.6 Å². The topological polar surface area (TPSA) is 34.9 Å². The van der Waals surface area contributed by atoms with Gasteiger partial charge in [0.25, 0.3) is 0 Å². The third kappa shape index (κ3) is 3.30. The largest absolute Gasteiger partial charge is 0.294 e. The smallest absolute Gasteiger partial charge is 0.168 e. The van der Waals surface area contributed by atoms with Gasteiger partial charge in [-0.1, -0.05) is 18.5 Å². The van der Waals surface area contributed by atoms with Crippen molar-refractivity contribution in [2.75, 3.05) is 0 Å². The third-order valence-electron chi connectivity index (χ3n) is 3.16. The van der Waals surface area contributed by atoms with Gasteiger partial charge in [0.1, 0.15) is 0 Å². The van der Waals surface area contributed by atoms with Crippen LogP contribution in [0.15, 0.2) is 28.7 Å². The number of carbonyl (C=O) groups excluding carboxylic acids is 1. The first-order chi connectivity index (χ1) is 9.55. The number of hydrogen-bond donors (Lipinski definition) is 0. The molecule has 0 saturated carbocycles. The maximum atomic E-state index is 12.3. The summed E-state index contributed by atoms with van der Waals surface area (Å²) in [5.41, 5.74) is 2.63. The quantitative estimate of drug-likeness (QED) is 0.749. The van der Waals surface area contributed by atoms with Crippen LogP contribution in [-0.4, -0.2) is 15.6 Å². The first kappa shape index (κ1) is 15.3. The second-order valence-electron chi connectivity index (χ2n) is 4.53. The van der Waals surface area contributed by atoms with E-state index in [2.05, 4.69) is 28.0 Å². The third-order valence-corrected chi connectivity index (χ3v) is 4.37. The molecule has 2 aromatic rings. The predicted octanol–water partition coefficient (Wildman–Crippen LogP) is 4.31. The summed E-state index contributed by atoms with van der Waals surface area (Å²) in [5, 5.41) is 5.06. The fraction of sp³-hybridized carbons (Fsp3) is 0.333. The maximum Gasteiger partial charge on any atom is 0.168 e. The number of halogens is 2. The van der Waals surface area contributed by atoms with Gasteiger partial charge in [0, 0.05) is 22.3 Å². The minimum absolute atomic E-state index is 0.0691. The van der Waals surface area contributed by atoms with E-state index in [9.17, 15) is 4.79 Å². The molecule has 2 rings (SSSR count). The lowest BCUT2D eigenvalue weighted by Gasteiger charge is -2.05. The van der Waals surface area contributed by atoms with Crippen molar-refractivity contribution in [2.45, 2.75) is 33.2 Å². The molecule has 0 atom stereocenters. The Morgan fingerprint density at radius 1 is 1.35 bits per heavy atom. The highest BCUT2D eigenvalue weighted by molar-refractivity contribution is 9.10. The molecule has 20 heavy (non-hydrogen) atoms. The Kier molecular flexibility index (Phi) is 5.00. The molecule has 3 nitrogen and oxygen atoms in total. The van der Waals surface area contributed by atoms with Gasteiger partial charge in [-0.05, 0) is 53.5 Å². The molecule has 0 fully saturated rings. The van der Waals surface area contributed by atoms with Crippen molar-refractivity contribution >= 4 is 33.3 Å². The molecule has 0 spiro atoms. The first-order valence-corrected chi connectivity index (χ1v) is 7.76. The van der Waals surface area contributed by atoms with Crippen LogP contribution in [0.5, 0.6) is 0 Å². The molecule has 0 radical (unpaired) electrons. The molecule has 1 aromatic heterocycles. The van der Waals surface area contributed by atoms with E-state index in [0.29, 0.717) is 17.0 Å². The summed E-state index contributed by atoms with van der Waals surface area (Å²) in [6.45, 7) is 4.86. The average Bonchev–Trinajstić information content (AvgIpc) is 2.84. The monoisotopic (exact) mass is 354 g/mol. The zero-order valence-electron chi connectivity index (χ0n) is 11.5. The van der Waals surface area contributed by atoms with Gasteiger partial charge < -0.3 is 0 Å². The Hall–Kier alpha value is -1.13. The highest BCUT2D eigenvalue weighted by Gasteiger charge is 2.13. The highest BCUT2D eigenvalue weighted by Crippen LogP contribution is 2.24. The summed E-state index contributed by atoms with van der Waals surface area (Å²) >= 11 is 9.28. The molecule has 1 aromatic carbocycles. The van der Waals surface area contributed by atoms with E-state index >= 15 is 0 Å².